The number of aromatic hydroxyl groups is 1. The first kappa shape index (κ1) is 15.8. The first-order chi connectivity index (χ1) is 11.0. The summed E-state index contributed by atoms with van der Waals surface area (Å²) < 4.78 is 5.47. The van der Waals surface area contributed by atoms with Crippen LogP contribution in [0, 0.1) is 6.92 Å². The first-order valence-corrected chi connectivity index (χ1v) is 7.81. The van der Waals surface area contributed by atoms with Gasteiger partial charge in [0.2, 0.25) is 11.2 Å². The summed E-state index contributed by atoms with van der Waals surface area (Å²) in [5, 5.41) is 20.7. The Hall–Kier alpha value is -2.11. The summed E-state index contributed by atoms with van der Waals surface area (Å²) in [5.74, 6) is 0.459. The predicted octanol–water partition coefficient (Wildman–Crippen LogP) is 2.14. The minimum Gasteiger partial charge on any atom is -0.502 e. The van der Waals surface area contributed by atoms with Gasteiger partial charge in [0.25, 0.3) is 0 Å². The summed E-state index contributed by atoms with van der Waals surface area (Å²) >= 11 is 0. The highest BCUT2D eigenvalue weighted by atomic mass is 16.4. The molecule has 0 amide bonds. The lowest BCUT2D eigenvalue weighted by molar-refractivity contribution is -0.0292. The highest BCUT2D eigenvalue weighted by Crippen LogP contribution is 2.33. The quantitative estimate of drug-likeness (QED) is 0.908. The van der Waals surface area contributed by atoms with E-state index in [0.29, 0.717) is 44.0 Å². The predicted molar refractivity (Wildman–Crippen MR) is 86.2 cm³/mol. The van der Waals surface area contributed by atoms with E-state index in [9.17, 15) is 15.0 Å². The zero-order chi connectivity index (χ0) is 16.4. The number of benzene rings is 1. The third-order valence-electron chi connectivity index (χ3n) is 4.48. The minimum atomic E-state index is -0.812. The van der Waals surface area contributed by atoms with Crippen molar-refractivity contribution in [2.24, 2.45) is 0 Å². The molecule has 2 N–H and O–H groups in total. The molecule has 1 aliphatic heterocycles. The van der Waals surface area contributed by atoms with Crippen LogP contribution in [0.25, 0.3) is 0 Å². The molecule has 0 saturated carbocycles. The number of aliphatic hydroxyl groups is 1. The van der Waals surface area contributed by atoms with Crippen LogP contribution in [0.5, 0.6) is 5.75 Å². The summed E-state index contributed by atoms with van der Waals surface area (Å²) in [7, 11) is 0. The van der Waals surface area contributed by atoms with Crippen molar-refractivity contribution >= 4 is 0 Å². The molecule has 1 fully saturated rings. The molecule has 1 aliphatic rings. The van der Waals surface area contributed by atoms with Crippen molar-refractivity contribution in [1.29, 1.82) is 0 Å². The van der Waals surface area contributed by atoms with E-state index in [-0.39, 0.29) is 5.75 Å². The van der Waals surface area contributed by atoms with Crippen LogP contribution in [0.1, 0.15) is 29.9 Å². The smallest absolute Gasteiger partial charge is 0.227 e. The Bertz CT molecular complexity index is 730. The van der Waals surface area contributed by atoms with Crippen LogP contribution >= 0.6 is 0 Å². The van der Waals surface area contributed by atoms with Crippen LogP contribution in [0.4, 0.5) is 0 Å². The van der Waals surface area contributed by atoms with E-state index in [2.05, 4.69) is 4.90 Å². The maximum absolute atomic E-state index is 11.6. The van der Waals surface area contributed by atoms with Crippen LogP contribution in [0.2, 0.25) is 0 Å². The van der Waals surface area contributed by atoms with Crippen LogP contribution in [0.15, 0.2) is 45.6 Å². The lowest BCUT2D eigenvalue weighted by atomic mass is 9.84. The second-order valence-corrected chi connectivity index (χ2v) is 6.17. The topological polar surface area (TPSA) is 73.9 Å². The standard InChI is InChI=1S/C18H21NO4/c1-13-11-15(20)17(21)16(23-13)12-19-9-7-18(22,8-10-19)14-5-3-2-4-6-14/h2-6,11,21-22H,7-10,12H2,1H3. The highest BCUT2D eigenvalue weighted by molar-refractivity contribution is 5.25. The van der Waals surface area contributed by atoms with Gasteiger partial charge in [0.15, 0.2) is 5.76 Å². The Labute approximate surface area is 134 Å². The second kappa shape index (κ2) is 6.18. The minimum absolute atomic E-state index is 0.292. The van der Waals surface area contributed by atoms with Crippen molar-refractivity contribution in [1.82, 2.24) is 4.90 Å². The zero-order valence-electron chi connectivity index (χ0n) is 13.2. The van der Waals surface area contributed by atoms with E-state index >= 15 is 0 Å². The number of piperidine rings is 1. The Morgan fingerprint density at radius 3 is 2.52 bits per heavy atom. The fourth-order valence-electron chi connectivity index (χ4n) is 3.09. The van der Waals surface area contributed by atoms with Gasteiger partial charge in [0, 0.05) is 19.2 Å². The Balaban J connectivity index is 1.69. The SMILES string of the molecule is Cc1cc(=O)c(O)c(CN2CCC(O)(c3ccccc3)CC2)o1. The van der Waals surface area contributed by atoms with Crippen LogP contribution in [-0.4, -0.2) is 28.2 Å². The van der Waals surface area contributed by atoms with Gasteiger partial charge in [0.1, 0.15) is 5.76 Å². The Morgan fingerprint density at radius 2 is 1.87 bits per heavy atom. The molecule has 1 aromatic heterocycles. The normalized spacial score (nSPS) is 18.0. The molecule has 0 spiro atoms. The van der Waals surface area contributed by atoms with Crippen molar-refractivity contribution in [2.45, 2.75) is 31.9 Å². The highest BCUT2D eigenvalue weighted by Gasteiger charge is 2.34. The zero-order valence-corrected chi connectivity index (χ0v) is 13.2. The molecule has 2 heterocycles. The number of rotatable bonds is 3. The van der Waals surface area contributed by atoms with Crippen LogP contribution in [-0.2, 0) is 12.1 Å². The average molecular weight is 315 g/mol. The number of aryl methyl sites for hydroxylation is 1. The molecule has 0 radical (unpaired) electrons. The molecule has 5 nitrogen and oxygen atoms in total. The number of hydrogen-bond acceptors (Lipinski definition) is 5. The number of likely N-dealkylation sites (tertiary alicyclic amines) is 1. The summed E-state index contributed by atoms with van der Waals surface area (Å²) in [6.07, 6.45) is 1.21. The van der Waals surface area contributed by atoms with Crippen molar-refractivity contribution in [3.63, 3.8) is 0 Å². The Kier molecular flexibility index (Phi) is 4.24. The van der Waals surface area contributed by atoms with E-state index in [0.717, 1.165) is 5.56 Å². The van der Waals surface area contributed by atoms with Crippen molar-refractivity contribution < 1.29 is 14.6 Å². The van der Waals surface area contributed by atoms with E-state index < -0.39 is 11.0 Å². The fraction of sp³-hybridized carbons (Fsp3) is 0.389. The third kappa shape index (κ3) is 3.30. The Morgan fingerprint density at radius 1 is 1.22 bits per heavy atom. The number of hydrogen-bond donors (Lipinski definition) is 2. The van der Waals surface area contributed by atoms with E-state index in [1.807, 2.05) is 30.3 Å². The summed E-state index contributed by atoms with van der Waals surface area (Å²) in [6.45, 7) is 3.40. The average Bonchev–Trinajstić information content (AvgIpc) is 2.55. The molecule has 0 unspecified atom stereocenters. The maximum atomic E-state index is 11.6. The molecule has 1 saturated heterocycles. The van der Waals surface area contributed by atoms with Gasteiger partial charge in [-0.25, -0.2) is 0 Å². The van der Waals surface area contributed by atoms with Crippen LogP contribution < -0.4 is 5.43 Å². The molecule has 2 aromatic rings. The van der Waals surface area contributed by atoms with Gasteiger partial charge < -0.3 is 14.6 Å². The van der Waals surface area contributed by atoms with E-state index in [1.165, 1.54) is 6.07 Å². The molecule has 122 valence electrons. The van der Waals surface area contributed by atoms with Gasteiger partial charge in [-0.15, -0.1) is 0 Å². The van der Waals surface area contributed by atoms with Crippen molar-refractivity contribution in [2.75, 3.05) is 13.1 Å². The molecular weight excluding hydrogens is 294 g/mol. The molecule has 1 aromatic carbocycles. The largest absolute Gasteiger partial charge is 0.502 e. The molecule has 0 bridgehead atoms. The monoisotopic (exact) mass is 315 g/mol. The molecule has 3 rings (SSSR count). The number of nitrogens with zero attached hydrogens (tertiary/aromatic N) is 1. The summed E-state index contributed by atoms with van der Waals surface area (Å²) in [4.78, 5) is 13.7. The van der Waals surface area contributed by atoms with Crippen LogP contribution in [0.3, 0.4) is 0 Å². The van der Waals surface area contributed by atoms with Gasteiger partial charge in [-0.1, -0.05) is 30.3 Å². The molecule has 0 atom stereocenters. The van der Waals surface area contributed by atoms with Gasteiger partial charge in [0.05, 0.1) is 12.1 Å². The lowest BCUT2D eigenvalue weighted by Gasteiger charge is -2.38. The second-order valence-electron chi connectivity index (χ2n) is 6.17. The van der Waals surface area contributed by atoms with Crippen molar-refractivity contribution in [3.05, 3.63) is 63.7 Å². The van der Waals surface area contributed by atoms with Gasteiger partial charge in [-0.2, -0.15) is 0 Å². The van der Waals surface area contributed by atoms with E-state index in [4.69, 9.17) is 4.42 Å². The molecule has 5 heteroatoms. The van der Waals surface area contributed by atoms with E-state index in [1.54, 1.807) is 6.92 Å². The molecule has 23 heavy (non-hydrogen) atoms. The van der Waals surface area contributed by atoms with Gasteiger partial charge in [-0.3, -0.25) is 9.69 Å². The summed E-state index contributed by atoms with van der Waals surface area (Å²) in [5.41, 5.74) is -0.293. The molecular formula is C18H21NO4. The first-order valence-electron chi connectivity index (χ1n) is 7.81. The molecule has 0 aliphatic carbocycles. The lowest BCUT2D eigenvalue weighted by Crippen LogP contribution is -2.42. The van der Waals surface area contributed by atoms with Gasteiger partial charge in [-0.05, 0) is 25.3 Å². The summed E-state index contributed by atoms with van der Waals surface area (Å²) in [6, 6.07) is 11.0. The third-order valence-corrected chi connectivity index (χ3v) is 4.48. The van der Waals surface area contributed by atoms with Gasteiger partial charge >= 0.3 is 0 Å². The maximum Gasteiger partial charge on any atom is 0.227 e. The fourth-order valence-corrected chi connectivity index (χ4v) is 3.09. The van der Waals surface area contributed by atoms with Crippen molar-refractivity contribution in [3.8, 4) is 5.75 Å².